The third-order valence-electron chi connectivity index (χ3n) is 7.16. The van der Waals surface area contributed by atoms with Crippen LogP contribution in [0.4, 0.5) is 0 Å². The van der Waals surface area contributed by atoms with Crippen molar-refractivity contribution in [3.63, 3.8) is 0 Å². The maximum Gasteiger partial charge on any atom is 0.247 e. The van der Waals surface area contributed by atoms with E-state index in [0.29, 0.717) is 6.42 Å². The number of carbonyl (C=O) groups is 3. The minimum Gasteiger partial charge on any atom is -0.345 e. The smallest absolute Gasteiger partial charge is 0.247 e. The van der Waals surface area contributed by atoms with Crippen molar-refractivity contribution in [3.8, 4) is 0 Å². The van der Waals surface area contributed by atoms with Gasteiger partial charge in [-0.2, -0.15) is 0 Å². The number of hydrogen-bond donors (Lipinski definition) is 4. The highest BCUT2D eigenvalue weighted by Gasteiger charge is 2.43. The number of rotatable bonds is 10. The molecule has 1 fully saturated rings. The summed E-state index contributed by atoms with van der Waals surface area (Å²) in [6, 6.07) is 8.91. The van der Waals surface area contributed by atoms with Crippen LogP contribution in [0.5, 0.6) is 0 Å². The Kier molecular flexibility index (Phi) is 9.90. The Hall–Kier alpha value is -2.41. The van der Waals surface area contributed by atoms with Gasteiger partial charge in [-0.05, 0) is 55.9 Å². The summed E-state index contributed by atoms with van der Waals surface area (Å²) < 4.78 is 0. The number of nitrogens with one attached hydrogen (secondary N) is 3. The second-order valence-electron chi connectivity index (χ2n) is 12.1. The molecule has 0 radical (unpaired) electrons. The predicted octanol–water partition coefficient (Wildman–Crippen LogP) is 4.54. The summed E-state index contributed by atoms with van der Waals surface area (Å²) in [7, 11) is 0. The van der Waals surface area contributed by atoms with Crippen molar-refractivity contribution < 1.29 is 19.6 Å². The van der Waals surface area contributed by atoms with Gasteiger partial charge in [0.2, 0.25) is 17.7 Å². The lowest BCUT2D eigenvalue weighted by atomic mass is 9.75. The summed E-state index contributed by atoms with van der Waals surface area (Å²) >= 11 is 0. The monoisotopic (exact) mass is 487 g/mol. The first-order valence-corrected chi connectivity index (χ1v) is 12.9. The van der Waals surface area contributed by atoms with Crippen molar-refractivity contribution >= 4 is 17.7 Å². The number of carbonyl (C=O) groups excluding carboxylic acids is 3. The zero-order valence-electron chi connectivity index (χ0n) is 22.5. The molecule has 35 heavy (non-hydrogen) atoms. The average Bonchev–Trinajstić information content (AvgIpc) is 3.30. The molecule has 1 aliphatic carbocycles. The summed E-state index contributed by atoms with van der Waals surface area (Å²) in [5.74, 6) is -2.16. The molecule has 0 aliphatic heterocycles. The fourth-order valence-electron chi connectivity index (χ4n) is 5.27. The number of hydroxylamine groups is 1. The molecule has 3 atom stereocenters. The Morgan fingerprint density at radius 1 is 0.943 bits per heavy atom. The molecular formula is C28H45N3O4. The largest absolute Gasteiger partial charge is 0.345 e. The highest BCUT2D eigenvalue weighted by Crippen LogP contribution is 2.38. The van der Waals surface area contributed by atoms with Crippen molar-refractivity contribution in [2.24, 2.45) is 29.1 Å². The van der Waals surface area contributed by atoms with Gasteiger partial charge in [0.1, 0.15) is 6.04 Å². The highest BCUT2D eigenvalue weighted by atomic mass is 16.5. The first-order valence-electron chi connectivity index (χ1n) is 12.9. The van der Waals surface area contributed by atoms with Gasteiger partial charge >= 0.3 is 0 Å². The molecule has 0 aromatic heterocycles. The molecule has 0 spiro atoms. The Morgan fingerprint density at radius 3 is 2.00 bits per heavy atom. The van der Waals surface area contributed by atoms with Crippen molar-refractivity contribution in [2.45, 2.75) is 92.2 Å². The summed E-state index contributed by atoms with van der Waals surface area (Å²) in [5, 5.41) is 15.6. The van der Waals surface area contributed by atoms with Crippen LogP contribution >= 0.6 is 0 Å². The van der Waals surface area contributed by atoms with Crippen molar-refractivity contribution in [3.05, 3.63) is 35.9 Å². The van der Waals surface area contributed by atoms with Gasteiger partial charge in [0.05, 0.1) is 17.4 Å². The van der Waals surface area contributed by atoms with Crippen LogP contribution in [0.25, 0.3) is 0 Å². The van der Waals surface area contributed by atoms with E-state index >= 15 is 0 Å². The van der Waals surface area contributed by atoms with Gasteiger partial charge in [-0.15, -0.1) is 0 Å². The van der Waals surface area contributed by atoms with Gasteiger partial charge in [0.25, 0.3) is 0 Å². The van der Waals surface area contributed by atoms with E-state index in [-0.39, 0.29) is 23.7 Å². The lowest BCUT2D eigenvalue weighted by molar-refractivity contribution is -0.144. The number of hydrogen-bond acceptors (Lipinski definition) is 4. The second kappa shape index (κ2) is 12.0. The number of benzene rings is 1. The zero-order chi connectivity index (χ0) is 26.4. The molecule has 0 unspecified atom stereocenters. The highest BCUT2D eigenvalue weighted by molar-refractivity contribution is 5.92. The van der Waals surface area contributed by atoms with E-state index in [9.17, 15) is 19.6 Å². The van der Waals surface area contributed by atoms with Crippen LogP contribution in [-0.4, -0.2) is 29.0 Å². The van der Waals surface area contributed by atoms with Crippen LogP contribution in [-0.2, 0) is 19.9 Å². The molecule has 0 saturated heterocycles. The van der Waals surface area contributed by atoms with Crippen LogP contribution in [0.15, 0.2) is 30.3 Å². The van der Waals surface area contributed by atoms with Crippen LogP contribution < -0.4 is 16.1 Å². The zero-order valence-corrected chi connectivity index (χ0v) is 22.5. The Morgan fingerprint density at radius 2 is 1.51 bits per heavy atom. The first-order chi connectivity index (χ1) is 16.3. The van der Waals surface area contributed by atoms with E-state index in [4.69, 9.17) is 0 Å². The third kappa shape index (κ3) is 7.79. The molecule has 3 amide bonds. The second-order valence-corrected chi connectivity index (χ2v) is 12.1. The van der Waals surface area contributed by atoms with Crippen LogP contribution in [0.3, 0.4) is 0 Å². The molecule has 4 N–H and O–H groups in total. The van der Waals surface area contributed by atoms with Gasteiger partial charge in [-0.1, -0.05) is 77.8 Å². The molecule has 7 nitrogen and oxygen atoms in total. The first kappa shape index (κ1) is 28.8. The van der Waals surface area contributed by atoms with Gasteiger partial charge in [0.15, 0.2) is 0 Å². The van der Waals surface area contributed by atoms with Gasteiger partial charge in [0, 0.05) is 0 Å². The lowest BCUT2D eigenvalue weighted by Crippen LogP contribution is -2.58. The van der Waals surface area contributed by atoms with Crippen molar-refractivity contribution in [1.29, 1.82) is 0 Å². The molecule has 0 bridgehead atoms. The lowest BCUT2D eigenvalue weighted by Gasteiger charge is -2.37. The fourth-order valence-corrected chi connectivity index (χ4v) is 5.27. The Bertz CT molecular complexity index is 855. The molecule has 1 aliphatic rings. The fraction of sp³-hybridized carbons (Fsp3) is 0.679. The predicted molar refractivity (Wildman–Crippen MR) is 137 cm³/mol. The summed E-state index contributed by atoms with van der Waals surface area (Å²) in [6.07, 6.45) is 4.23. The standard InChI is InChI=1S/C28H45N3O4/c1-18(2)17-21(22(25(33)31-35)19-13-11-12-14-19)24(32)29-23(27(3,4)5)26(34)30-28(6,7)20-15-9-8-10-16-20/h8-10,15-16,18-19,21-23,35H,11-14,17H2,1-7H3,(H,29,32)(H,30,34)(H,31,33)/t21-,22+,23-/m1/s1. The van der Waals surface area contributed by atoms with Gasteiger partial charge in [-0.3, -0.25) is 19.6 Å². The number of amides is 3. The van der Waals surface area contributed by atoms with E-state index in [1.54, 1.807) is 0 Å². The SMILES string of the molecule is CC(C)C[C@@H](C(=O)N[C@H](C(=O)NC(C)(C)c1ccccc1)C(C)(C)C)[C@@H](C(=O)NO)C1CCCC1. The molecule has 1 aromatic rings. The van der Waals surface area contributed by atoms with Gasteiger partial charge in [-0.25, -0.2) is 5.48 Å². The summed E-state index contributed by atoms with van der Waals surface area (Å²) in [5.41, 5.74) is 1.58. The van der Waals surface area contributed by atoms with Crippen LogP contribution in [0, 0.1) is 29.1 Å². The minimum absolute atomic E-state index is 0.0376. The van der Waals surface area contributed by atoms with E-state index < -0.39 is 34.7 Å². The maximum atomic E-state index is 13.7. The Labute approximate surface area is 210 Å². The maximum absolute atomic E-state index is 13.7. The molecule has 1 aromatic carbocycles. The molecule has 7 heteroatoms. The minimum atomic E-state index is -0.797. The summed E-state index contributed by atoms with van der Waals surface area (Å²) in [4.78, 5) is 40.0. The van der Waals surface area contributed by atoms with E-state index in [0.717, 1.165) is 31.2 Å². The third-order valence-corrected chi connectivity index (χ3v) is 7.16. The Balaban J connectivity index is 2.31. The summed E-state index contributed by atoms with van der Waals surface area (Å²) in [6.45, 7) is 13.6. The van der Waals surface area contributed by atoms with Crippen molar-refractivity contribution in [2.75, 3.05) is 0 Å². The van der Waals surface area contributed by atoms with Crippen LogP contribution in [0.2, 0.25) is 0 Å². The molecule has 2 rings (SSSR count). The normalized spacial score (nSPS) is 17.5. The average molecular weight is 488 g/mol. The van der Waals surface area contributed by atoms with E-state index in [1.165, 1.54) is 0 Å². The van der Waals surface area contributed by atoms with E-state index in [1.807, 2.05) is 84.3 Å². The topological polar surface area (TPSA) is 108 Å². The quantitative estimate of drug-likeness (QED) is 0.287. The van der Waals surface area contributed by atoms with Crippen molar-refractivity contribution in [1.82, 2.24) is 16.1 Å². The molecular weight excluding hydrogens is 442 g/mol. The molecule has 0 heterocycles. The van der Waals surface area contributed by atoms with Crippen LogP contribution in [0.1, 0.15) is 86.1 Å². The van der Waals surface area contributed by atoms with E-state index in [2.05, 4.69) is 10.6 Å². The molecule has 196 valence electrons. The van der Waals surface area contributed by atoms with Gasteiger partial charge < -0.3 is 10.6 Å². The molecule has 1 saturated carbocycles.